The molecule has 1 aromatic carbocycles. The molecule has 0 bridgehead atoms. The lowest BCUT2D eigenvalue weighted by Crippen LogP contribution is -2.27. The Labute approximate surface area is 224 Å². The summed E-state index contributed by atoms with van der Waals surface area (Å²) >= 11 is 3.41. The predicted molar refractivity (Wildman–Crippen MR) is 127 cm³/mol. The molecule has 1 aliphatic heterocycles. The van der Waals surface area contributed by atoms with Crippen LogP contribution in [0.1, 0.15) is 6.42 Å². The molecule has 2 aromatic heterocycles. The molecule has 0 radical (unpaired) electrons. The van der Waals surface area contributed by atoms with Gasteiger partial charge >= 0.3 is 24.3 Å². The molecule has 4 N–H and O–H groups in total. The topological polar surface area (TPSA) is 149 Å². The molecule has 3 heterocycles. The predicted octanol–water partition coefficient (Wildman–Crippen LogP) is 4.10. The van der Waals surface area contributed by atoms with Gasteiger partial charge in [0.2, 0.25) is 0 Å². The van der Waals surface area contributed by atoms with Gasteiger partial charge in [0.25, 0.3) is 0 Å². The molecule has 0 spiro atoms. The maximum absolute atomic E-state index is 10.6. The Balaban J connectivity index is 0.000000317. The molecule has 39 heavy (non-hydrogen) atoms. The van der Waals surface area contributed by atoms with Gasteiger partial charge in [-0.1, -0.05) is 0 Å². The molecule has 1 unspecified atom stereocenters. The van der Waals surface area contributed by atoms with Gasteiger partial charge in [-0.15, -0.1) is 0 Å². The minimum Gasteiger partial charge on any atom is -0.492 e. The number of benzene rings is 1. The van der Waals surface area contributed by atoms with E-state index in [1.165, 1.54) is 0 Å². The number of H-pyrrole nitrogens is 1. The van der Waals surface area contributed by atoms with Crippen molar-refractivity contribution in [1.82, 2.24) is 19.9 Å². The first kappa shape index (κ1) is 31.8. The number of rotatable bonds is 5. The molecular formula is C22H21BrF6N4O6. The summed E-state index contributed by atoms with van der Waals surface area (Å²) in [5.41, 5.74) is 2.59. The van der Waals surface area contributed by atoms with E-state index in [1.807, 2.05) is 30.3 Å². The zero-order valence-electron chi connectivity index (χ0n) is 19.6. The molecule has 10 nitrogen and oxygen atoms in total. The lowest BCUT2D eigenvalue weighted by Gasteiger charge is -2.15. The fourth-order valence-corrected chi connectivity index (χ4v) is 3.34. The van der Waals surface area contributed by atoms with Gasteiger partial charge in [-0.3, -0.25) is 4.90 Å². The van der Waals surface area contributed by atoms with Crippen molar-refractivity contribution < 1.29 is 56.0 Å². The zero-order valence-corrected chi connectivity index (χ0v) is 21.2. The lowest BCUT2D eigenvalue weighted by molar-refractivity contribution is -0.193. The van der Waals surface area contributed by atoms with Crippen molar-refractivity contribution >= 4 is 39.0 Å². The minimum atomic E-state index is -5.08. The number of carboxylic acid groups (broad SMARTS) is 2. The number of aromatic nitrogens is 3. The van der Waals surface area contributed by atoms with Gasteiger partial charge in [-0.2, -0.15) is 26.3 Å². The largest absolute Gasteiger partial charge is 0.492 e. The van der Waals surface area contributed by atoms with Crippen molar-refractivity contribution in [1.29, 1.82) is 0 Å². The van der Waals surface area contributed by atoms with Crippen LogP contribution in [0.3, 0.4) is 0 Å². The van der Waals surface area contributed by atoms with Crippen LogP contribution in [0, 0.1) is 0 Å². The highest BCUT2D eigenvalue weighted by Crippen LogP contribution is 2.23. The molecule has 1 aliphatic rings. The van der Waals surface area contributed by atoms with Gasteiger partial charge in [0.1, 0.15) is 23.7 Å². The van der Waals surface area contributed by atoms with E-state index >= 15 is 0 Å². The fourth-order valence-electron chi connectivity index (χ4n) is 3.02. The molecule has 1 saturated heterocycles. The van der Waals surface area contributed by atoms with Gasteiger partial charge in [0.05, 0.1) is 6.10 Å². The number of ether oxygens (including phenoxy) is 1. The highest BCUT2D eigenvalue weighted by Gasteiger charge is 2.38. The average Bonchev–Trinajstić information content (AvgIpc) is 3.44. The van der Waals surface area contributed by atoms with E-state index in [1.54, 1.807) is 6.20 Å². The van der Waals surface area contributed by atoms with Crippen LogP contribution in [-0.2, 0) is 9.59 Å². The number of fused-ring (bicyclic) bond motifs is 1. The summed E-state index contributed by atoms with van der Waals surface area (Å²) in [5, 5.41) is 23.8. The van der Waals surface area contributed by atoms with Crippen molar-refractivity contribution in [3.63, 3.8) is 0 Å². The van der Waals surface area contributed by atoms with E-state index in [4.69, 9.17) is 24.5 Å². The number of alkyl halides is 6. The van der Waals surface area contributed by atoms with E-state index in [9.17, 15) is 31.4 Å². The Morgan fingerprint density at radius 2 is 1.64 bits per heavy atom. The molecule has 0 aliphatic carbocycles. The van der Waals surface area contributed by atoms with Crippen LogP contribution in [-0.4, -0.2) is 91.8 Å². The average molecular weight is 631 g/mol. The molecule has 3 aromatic rings. The number of nitrogens with zero attached hydrogens (tertiary/aromatic N) is 3. The van der Waals surface area contributed by atoms with Crippen molar-refractivity contribution in [3.05, 3.63) is 41.0 Å². The standard InChI is InChI=1S/C18H19BrN4O2.2C2HF3O2/c19-13-9-16-18(20-10-13)22-17(21-16)12-1-3-15(4-2-12)25-8-7-23-6-5-14(24)11-23;2*3-2(4,5)1(6)7/h1-4,9-10,14,24H,5-8,11H2,(H,20,21,22);2*(H,6,7). The molecule has 1 fully saturated rings. The van der Waals surface area contributed by atoms with Crippen LogP contribution in [0.25, 0.3) is 22.6 Å². The van der Waals surface area contributed by atoms with Crippen LogP contribution in [0.15, 0.2) is 41.0 Å². The maximum Gasteiger partial charge on any atom is 0.490 e. The van der Waals surface area contributed by atoms with Crippen LogP contribution in [0.2, 0.25) is 0 Å². The number of nitrogens with one attached hydrogen (secondary N) is 1. The second-order valence-corrected chi connectivity index (χ2v) is 8.74. The number of β-amino-alcohol motifs (C(OH)–C–C–N with tert-alkyl or cyclic N) is 1. The first-order chi connectivity index (χ1) is 18.1. The number of aliphatic carboxylic acids is 2. The Kier molecular flexibility index (Phi) is 11.1. The van der Waals surface area contributed by atoms with Gasteiger partial charge < -0.3 is 25.0 Å². The van der Waals surface area contributed by atoms with Crippen LogP contribution in [0.5, 0.6) is 5.75 Å². The number of aromatic amines is 1. The molecule has 1 atom stereocenters. The van der Waals surface area contributed by atoms with Crippen LogP contribution >= 0.6 is 15.9 Å². The molecule has 0 saturated carbocycles. The molecule has 4 rings (SSSR count). The lowest BCUT2D eigenvalue weighted by atomic mass is 10.2. The number of halogens is 7. The van der Waals surface area contributed by atoms with E-state index in [2.05, 4.69) is 35.8 Å². The third-order valence-electron chi connectivity index (χ3n) is 4.84. The normalized spacial score (nSPS) is 15.6. The van der Waals surface area contributed by atoms with Crippen LogP contribution < -0.4 is 4.74 Å². The summed E-state index contributed by atoms with van der Waals surface area (Å²) in [6.45, 7) is 3.15. The van der Waals surface area contributed by atoms with E-state index in [-0.39, 0.29) is 6.10 Å². The summed E-state index contributed by atoms with van der Waals surface area (Å²) < 4.78 is 70.2. The number of aliphatic hydroxyl groups is 1. The first-order valence-electron chi connectivity index (χ1n) is 10.8. The van der Waals surface area contributed by atoms with Crippen molar-refractivity contribution in [2.24, 2.45) is 0 Å². The number of aliphatic hydroxyl groups excluding tert-OH is 1. The number of carbonyl (C=O) groups is 2. The second-order valence-electron chi connectivity index (χ2n) is 7.83. The number of carboxylic acids is 2. The Morgan fingerprint density at radius 3 is 2.13 bits per heavy atom. The highest BCUT2D eigenvalue weighted by molar-refractivity contribution is 9.10. The first-order valence-corrected chi connectivity index (χ1v) is 11.6. The third-order valence-corrected chi connectivity index (χ3v) is 5.27. The highest BCUT2D eigenvalue weighted by atomic mass is 79.9. The fraction of sp³-hybridized carbons (Fsp3) is 0.364. The van der Waals surface area contributed by atoms with Crippen molar-refractivity contribution in [3.8, 4) is 17.1 Å². The molecule has 17 heteroatoms. The smallest absolute Gasteiger partial charge is 0.490 e. The summed E-state index contributed by atoms with van der Waals surface area (Å²) in [6, 6.07) is 9.81. The van der Waals surface area contributed by atoms with E-state index in [0.717, 1.165) is 58.8 Å². The summed E-state index contributed by atoms with van der Waals surface area (Å²) in [5.74, 6) is -3.89. The number of hydrogen-bond acceptors (Lipinski definition) is 7. The Bertz CT molecular complexity index is 1230. The molecular weight excluding hydrogens is 610 g/mol. The molecule has 0 amide bonds. The monoisotopic (exact) mass is 630 g/mol. The third kappa shape index (κ3) is 10.7. The maximum atomic E-state index is 10.6. The second kappa shape index (κ2) is 13.6. The Morgan fingerprint density at radius 1 is 1.08 bits per heavy atom. The van der Waals surface area contributed by atoms with Gasteiger partial charge in [0, 0.05) is 35.9 Å². The van der Waals surface area contributed by atoms with Gasteiger partial charge in [-0.25, -0.2) is 19.6 Å². The van der Waals surface area contributed by atoms with Gasteiger partial charge in [-0.05, 0) is 52.7 Å². The SMILES string of the molecule is O=C(O)C(F)(F)F.O=C(O)C(F)(F)F.OC1CCN(CCOc2ccc(-c3nc4cc(Br)cnc4[nH]3)cc2)C1. The summed E-state index contributed by atoms with van der Waals surface area (Å²) in [4.78, 5) is 32.1. The van der Waals surface area contributed by atoms with Crippen molar-refractivity contribution in [2.75, 3.05) is 26.2 Å². The van der Waals surface area contributed by atoms with E-state index in [0.29, 0.717) is 6.61 Å². The zero-order chi connectivity index (χ0) is 29.4. The van der Waals surface area contributed by atoms with Crippen molar-refractivity contribution in [2.45, 2.75) is 24.9 Å². The number of pyridine rings is 1. The van der Waals surface area contributed by atoms with Crippen LogP contribution in [0.4, 0.5) is 26.3 Å². The van der Waals surface area contributed by atoms with Gasteiger partial charge in [0.15, 0.2) is 5.65 Å². The summed E-state index contributed by atoms with van der Waals surface area (Å²) in [6.07, 6.45) is -7.74. The Hall–Kier alpha value is -3.44. The number of imidazole rings is 1. The number of hydrogen-bond donors (Lipinski definition) is 4. The summed E-state index contributed by atoms with van der Waals surface area (Å²) in [7, 11) is 0. The van der Waals surface area contributed by atoms with E-state index < -0.39 is 24.3 Å². The quantitative estimate of drug-likeness (QED) is 0.306. The minimum absolute atomic E-state index is 0.182. The number of likely N-dealkylation sites (tertiary alicyclic amines) is 1. The molecule has 214 valence electrons.